The third-order valence-electron chi connectivity index (χ3n) is 4.80. The molecule has 0 fully saturated rings. The van der Waals surface area contributed by atoms with Crippen molar-refractivity contribution < 1.29 is 4.92 Å². The van der Waals surface area contributed by atoms with Gasteiger partial charge in [-0.15, -0.1) is 0 Å². The van der Waals surface area contributed by atoms with E-state index in [2.05, 4.69) is 20.7 Å². The van der Waals surface area contributed by atoms with E-state index in [0.29, 0.717) is 13.0 Å². The van der Waals surface area contributed by atoms with E-state index < -0.39 is 4.92 Å². The van der Waals surface area contributed by atoms with Crippen LogP contribution in [0.2, 0.25) is 0 Å². The van der Waals surface area contributed by atoms with Gasteiger partial charge in [0.05, 0.1) is 16.3 Å². The molecular formula is C24H22N6O2. The predicted molar refractivity (Wildman–Crippen MR) is 126 cm³/mol. The van der Waals surface area contributed by atoms with Crippen molar-refractivity contribution in [3.05, 3.63) is 113 Å². The van der Waals surface area contributed by atoms with Gasteiger partial charge >= 0.3 is 5.69 Å². The fraction of sp³-hybridized carbons (Fsp3) is 0.0833. The number of nitrogens with zero attached hydrogens (tertiary/aromatic N) is 4. The summed E-state index contributed by atoms with van der Waals surface area (Å²) >= 11 is 0. The summed E-state index contributed by atoms with van der Waals surface area (Å²) in [5.41, 5.74) is 5.65. The van der Waals surface area contributed by atoms with Gasteiger partial charge in [-0.1, -0.05) is 66.7 Å². The van der Waals surface area contributed by atoms with Crippen LogP contribution < -0.4 is 15.8 Å². The van der Waals surface area contributed by atoms with Gasteiger partial charge in [0, 0.05) is 6.54 Å². The van der Waals surface area contributed by atoms with Crippen LogP contribution in [0.5, 0.6) is 0 Å². The SMILES string of the molecule is O=[N+]([O-])c1c(NCCc2ccccc2)ncnc1NN(c1ccccc1)c1ccccc1. The van der Waals surface area contributed by atoms with Gasteiger partial charge in [-0.3, -0.25) is 20.5 Å². The topological polar surface area (TPSA) is 96.2 Å². The second-order valence-electron chi connectivity index (χ2n) is 6.96. The number of para-hydroxylation sites is 2. The van der Waals surface area contributed by atoms with Crippen molar-refractivity contribution in [2.75, 3.05) is 22.3 Å². The number of hydrazine groups is 1. The molecule has 32 heavy (non-hydrogen) atoms. The zero-order valence-corrected chi connectivity index (χ0v) is 17.3. The Bertz CT molecular complexity index is 1120. The average Bonchev–Trinajstić information content (AvgIpc) is 2.84. The Labute approximate surface area is 185 Å². The van der Waals surface area contributed by atoms with Crippen molar-refractivity contribution >= 4 is 28.7 Å². The summed E-state index contributed by atoms with van der Waals surface area (Å²) < 4.78 is 0. The Morgan fingerprint density at radius 1 is 0.781 bits per heavy atom. The third kappa shape index (κ3) is 4.99. The number of anilines is 4. The summed E-state index contributed by atoms with van der Waals surface area (Å²) in [7, 11) is 0. The largest absolute Gasteiger partial charge is 0.364 e. The molecule has 4 rings (SSSR count). The number of hydrogen-bond donors (Lipinski definition) is 2. The maximum absolute atomic E-state index is 12.0. The second kappa shape index (κ2) is 10.0. The van der Waals surface area contributed by atoms with Crippen molar-refractivity contribution in [3.63, 3.8) is 0 Å². The molecule has 0 radical (unpaired) electrons. The van der Waals surface area contributed by atoms with E-state index in [1.807, 2.05) is 91.0 Å². The monoisotopic (exact) mass is 426 g/mol. The maximum atomic E-state index is 12.0. The van der Waals surface area contributed by atoms with Gasteiger partial charge in [-0.25, -0.2) is 9.97 Å². The molecule has 8 heteroatoms. The van der Waals surface area contributed by atoms with Crippen LogP contribution in [0.15, 0.2) is 97.3 Å². The quantitative estimate of drug-likeness (QED) is 0.280. The van der Waals surface area contributed by atoms with E-state index >= 15 is 0 Å². The molecule has 2 N–H and O–H groups in total. The van der Waals surface area contributed by atoms with Crippen LogP contribution in [-0.2, 0) is 6.42 Å². The lowest BCUT2D eigenvalue weighted by Gasteiger charge is -2.26. The minimum atomic E-state index is -0.471. The summed E-state index contributed by atoms with van der Waals surface area (Å²) in [5.74, 6) is 0.268. The van der Waals surface area contributed by atoms with E-state index in [0.717, 1.165) is 16.9 Å². The molecule has 0 atom stereocenters. The van der Waals surface area contributed by atoms with Gasteiger partial charge in [0.1, 0.15) is 6.33 Å². The van der Waals surface area contributed by atoms with Crippen LogP contribution in [0.25, 0.3) is 0 Å². The molecule has 8 nitrogen and oxygen atoms in total. The Hall–Kier alpha value is -4.46. The molecule has 0 aliphatic heterocycles. The van der Waals surface area contributed by atoms with E-state index in [4.69, 9.17) is 0 Å². The normalized spacial score (nSPS) is 10.4. The summed E-state index contributed by atoms with van der Waals surface area (Å²) in [6.45, 7) is 0.502. The van der Waals surface area contributed by atoms with E-state index in [1.54, 1.807) is 5.01 Å². The van der Waals surface area contributed by atoms with Crippen molar-refractivity contribution in [1.82, 2.24) is 9.97 Å². The Morgan fingerprint density at radius 2 is 1.31 bits per heavy atom. The molecule has 0 spiro atoms. The zero-order chi connectivity index (χ0) is 22.2. The average molecular weight is 426 g/mol. The minimum absolute atomic E-state index is 0.0971. The fourth-order valence-electron chi connectivity index (χ4n) is 3.27. The smallest absolute Gasteiger partial charge is 0.354 e. The molecule has 0 aliphatic rings. The highest BCUT2D eigenvalue weighted by atomic mass is 16.6. The van der Waals surface area contributed by atoms with Gasteiger partial charge in [0.25, 0.3) is 0 Å². The maximum Gasteiger partial charge on any atom is 0.354 e. The van der Waals surface area contributed by atoms with Crippen LogP contribution >= 0.6 is 0 Å². The molecule has 1 heterocycles. The number of nitro groups is 1. The van der Waals surface area contributed by atoms with Gasteiger partial charge in [-0.2, -0.15) is 0 Å². The highest BCUT2D eigenvalue weighted by Gasteiger charge is 2.25. The number of hydrogen-bond acceptors (Lipinski definition) is 7. The van der Waals surface area contributed by atoms with Crippen molar-refractivity contribution in [1.29, 1.82) is 0 Å². The van der Waals surface area contributed by atoms with E-state index in [-0.39, 0.29) is 17.3 Å². The molecule has 160 valence electrons. The number of benzene rings is 3. The number of nitrogens with one attached hydrogen (secondary N) is 2. The van der Waals surface area contributed by atoms with Crippen molar-refractivity contribution in [3.8, 4) is 0 Å². The summed E-state index contributed by atoms with van der Waals surface area (Å²) in [6.07, 6.45) is 2.03. The molecule has 0 bridgehead atoms. The van der Waals surface area contributed by atoms with E-state index in [1.165, 1.54) is 6.33 Å². The zero-order valence-electron chi connectivity index (χ0n) is 17.3. The molecule has 0 unspecified atom stereocenters. The Kier molecular flexibility index (Phi) is 6.52. The summed E-state index contributed by atoms with van der Waals surface area (Å²) in [6, 6.07) is 29.0. The standard InChI is InChI=1S/C24H22N6O2/c31-30(32)22-23(25-17-16-19-10-4-1-5-11-19)26-18-27-24(22)28-29(20-12-6-2-7-13-20)21-14-8-3-9-15-21/h1-15,18H,16-17H2,(H2,25,26,27,28). The second-order valence-corrected chi connectivity index (χ2v) is 6.96. The first-order chi connectivity index (χ1) is 15.7. The third-order valence-corrected chi connectivity index (χ3v) is 4.80. The minimum Gasteiger partial charge on any atom is -0.364 e. The fourth-order valence-corrected chi connectivity index (χ4v) is 3.27. The first kappa shape index (κ1) is 20.8. The highest BCUT2D eigenvalue weighted by molar-refractivity contribution is 5.74. The first-order valence-corrected chi connectivity index (χ1v) is 10.2. The first-order valence-electron chi connectivity index (χ1n) is 10.2. The van der Waals surface area contributed by atoms with Gasteiger partial charge < -0.3 is 5.32 Å². The van der Waals surface area contributed by atoms with Crippen LogP contribution in [0.1, 0.15) is 5.56 Å². The lowest BCUT2D eigenvalue weighted by Crippen LogP contribution is -2.26. The number of aromatic nitrogens is 2. The summed E-state index contributed by atoms with van der Waals surface area (Å²) in [5, 5.41) is 16.8. The number of rotatable bonds is 9. The Morgan fingerprint density at radius 3 is 1.88 bits per heavy atom. The van der Waals surface area contributed by atoms with Crippen LogP contribution in [0.4, 0.5) is 28.7 Å². The molecule has 0 saturated carbocycles. The lowest BCUT2D eigenvalue weighted by molar-refractivity contribution is -0.383. The van der Waals surface area contributed by atoms with Crippen LogP contribution in [-0.4, -0.2) is 21.4 Å². The molecule has 0 saturated heterocycles. The lowest BCUT2D eigenvalue weighted by atomic mass is 10.1. The molecule has 1 aromatic heterocycles. The molecular weight excluding hydrogens is 404 g/mol. The van der Waals surface area contributed by atoms with Crippen molar-refractivity contribution in [2.24, 2.45) is 0 Å². The predicted octanol–water partition coefficient (Wildman–Crippen LogP) is 5.20. The van der Waals surface area contributed by atoms with Gasteiger partial charge in [-0.05, 0) is 36.2 Å². The molecule has 0 aliphatic carbocycles. The Balaban J connectivity index is 1.61. The van der Waals surface area contributed by atoms with Crippen molar-refractivity contribution in [2.45, 2.75) is 6.42 Å². The summed E-state index contributed by atoms with van der Waals surface area (Å²) in [4.78, 5) is 19.8. The van der Waals surface area contributed by atoms with Gasteiger partial charge in [0.15, 0.2) is 0 Å². The van der Waals surface area contributed by atoms with Gasteiger partial charge in [0.2, 0.25) is 11.6 Å². The highest BCUT2D eigenvalue weighted by Crippen LogP contribution is 2.32. The molecule has 0 amide bonds. The van der Waals surface area contributed by atoms with Crippen LogP contribution in [0.3, 0.4) is 0 Å². The van der Waals surface area contributed by atoms with Crippen LogP contribution in [0, 0.1) is 10.1 Å². The molecule has 4 aromatic rings. The van der Waals surface area contributed by atoms with E-state index in [9.17, 15) is 10.1 Å². The molecule has 3 aromatic carbocycles.